The number of hydrogen-bond acceptors (Lipinski definition) is 3. The molecule has 0 spiro atoms. The van der Waals surface area contributed by atoms with E-state index in [1.807, 2.05) is 0 Å². The van der Waals surface area contributed by atoms with Crippen molar-refractivity contribution in [2.75, 3.05) is 13.2 Å². The van der Waals surface area contributed by atoms with Crippen LogP contribution in [0.15, 0.2) is 24.3 Å². The number of pyridine rings is 1. The second-order valence-corrected chi connectivity index (χ2v) is 5.59. The normalized spacial score (nSPS) is 15.0. The first-order valence-corrected chi connectivity index (χ1v) is 7.31. The van der Waals surface area contributed by atoms with Crippen LogP contribution >= 0.6 is 0 Å². The molecule has 23 heavy (non-hydrogen) atoms. The smallest absolute Gasteiger partial charge is 0.395 e. The largest absolute Gasteiger partial charge is 0.418 e. The number of carbonyl (C=O) groups is 1. The predicted molar refractivity (Wildman–Crippen MR) is 78.1 cm³/mol. The maximum atomic E-state index is 13.3. The van der Waals surface area contributed by atoms with Gasteiger partial charge in [-0.05, 0) is 42.5 Å². The van der Waals surface area contributed by atoms with Crippen molar-refractivity contribution in [3.8, 4) is 0 Å². The fourth-order valence-electron chi connectivity index (χ4n) is 2.51. The lowest BCUT2D eigenvalue weighted by molar-refractivity contribution is -0.136. The van der Waals surface area contributed by atoms with Crippen LogP contribution in [0.5, 0.6) is 0 Å². The van der Waals surface area contributed by atoms with Crippen molar-refractivity contribution in [1.82, 2.24) is 10.3 Å². The van der Waals surface area contributed by atoms with E-state index in [2.05, 4.69) is 10.3 Å². The SMILES string of the molecule is O=C(NCCO)c1ccc2cc(C3CC3)cc(C(F)(F)F)c2n1. The van der Waals surface area contributed by atoms with Gasteiger partial charge in [-0.2, -0.15) is 13.2 Å². The van der Waals surface area contributed by atoms with Crippen molar-refractivity contribution >= 4 is 16.8 Å². The first-order chi connectivity index (χ1) is 10.9. The molecule has 3 rings (SSSR count). The minimum Gasteiger partial charge on any atom is -0.395 e. The molecule has 0 radical (unpaired) electrons. The van der Waals surface area contributed by atoms with Crippen LogP contribution < -0.4 is 5.32 Å². The molecule has 1 aromatic heterocycles. The van der Waals surface area contributed by atoms with Crippen LogP contribution in [0.25, 0.3) is 10.9 Å². The lowest BCUT2D eigenvalue weighted by Gasteiger charge is -2.13. The van der Waals surface area contributed by atoms with Crippen molar-refractivity contribution in [1.29, 1.82) is 0 Å². The van der Waals surface area contributed by atoms with E-state index < -0.39 is 17.6 Å². The van der Waals surface area contributed by atoms with Crippen molar-refractivity contribution in [3.05, 3.63) is 41.1 Å². The van der Waals surface area contributed by atoms with Crippen LogP contribution in [-0.2, 0) is 6.18 Å². The third-order valence-electron chi connectivity index (χ3n) is 3.80. The Balaban J connectivity index is 2.09. The second-order valence-electron chi connectivity index (χ2n) is 5.59. The van der Waals surface area contributed by atoms with Gasteiger partial charge in [0.1, 0.15) is 5.69 Å². The van der Waals surface area contributed by atoms with Gasteiger partial charge in [-0.15, -0.1) is 0 Å². The van der Waals surface area contributed by atoms with Crippen molar-refractivity contribution in [3.63, 3.8) is 0 Å². The average Bonchev–Trinajstić information content (AvgIpc) is 3.34. The number of fused-ring (bicyclic) bond motifs is 1. The molecule has 0 unspecified atom stereocenters. The maximum absolute atomic E-state index is 13.3. The van der Waals surface area contributed by atoms with Gasteiger partial charge in [-0.25, -0.2) is 4.98 Å². The Labute approximate surface area is 130 Å². The Hall–Kier alpha value is -2.15. The lowest BCUT2D eigenvalue weighted by Crippen LogP contribution is -2.27. The lowest BCUT2D eigenvalue weighted by atomic mass is 10.0. The quantitative estimate of drug-likeness (QED) is 0.909. The molecule has 0 atom stereocenters. The first kappa shape index (κ1) is 15.7. The molecule has 1 aromatic carbocycles. The minimum atomic E-state index is -4.53. The van der Waals surface area contributed by atoms with Gasteiger partial charge in [0.05, 0.1) is 17.7 Å². The number of nitrogens with zero attached hydrogens (tertiary/aromatic N) is 1. The topological polar surface area (TPSA) is 62.2 Å². The molecule has 1 aliphatic carbocycles. The number of hydrogen-bond donors (Lipinski definition) is 2. The number of alkyl halides is 3. The van der Waals surface area contributed by atoms with Crippen molar-refractivity contribution < 1.29 is 23.1 Å². The highest BCUT2D eigenvalue weighted by molar-refractivity contribution is 5.95. The Morgan fingerprint density at radius 3 is 2.65 bits per heavy atom. The first-order valence-electron chi connectivity index (χ1n) is 7.31. The van der Waals surface area contributed by atoms with Gasteiger partial charge < -0.3 is 10.4 Å². The summed E-state index contributed by atoms with van der Waals surface area (Å²) < 4.78 is 40.0. The number of aliphatic hydroxyl groups is 1. The number of carbonyl (C=O) groups excluding carboxylic acids is 1. The Kier molecular flexibility index (Phi) is 3.97. The fraction of sp³-hybridized carbons (Fsp3) is 0.375. The molecule has 7 heteroatoms. The minimum absolute atomic E-state index is 0.0191. The van der Waals surface area contributed by atoms with Gasteiger partial charge in [0, 0.05) is 11.9 Å². The zero-order valence-corrected chi connectivity index (χ0v) is 12.2. The zero-order chi connectivity index (χ0) is 16.6. The summed E-state index contributed by atoms with van der Waals surface area (Å²) >= 11 is 0. The highest BCUT2D eigenvalue weighted by Crippen LogP contribution is 2.44. The third kappa shape index (κ3) is 3.29. The fourth-order valence-corrected chi connectivity index (χ4v) is 2.51. The van der Waals surface area contributed by atoms with Gasteiger partial charge >= 0.3 is 6.18 Å². The molecule has 2 aromatic rings. The highest BCUT2D eigenvalue weighted by atomic mass is 19.4. The van der Waals surface area contributed by atoms with Crippen LogP contribution in [0.1, 0.15) is 40.4 Å². The van der Waals surface area contributed by atoms with Crippen molar-refractivity contribution in [2.45, 2.75) is 24.9 Å². The molecule has 2 N–H and O–H groups in total. The molecule has 1 aliphatic rings. The van der Waals surface area contributed by atoms with E-state index in [1.54, 1.807) is 6.07 Å². The van der Waals surface area contributed by atoms with Gasteiger partial charge in [-0.1, -0.05) is 6.07 Å². The molecular formula is C16H15F3N2O2. The Bertz CT molecular complexity index is 755. The molecule has 1 amide bonds. The van der Waals surface area contributed by atoms with Gasteiger partial charge in [0.25, 0.3) is 5.91 Å². The molecular weight excluding hydrogens is 309 g/mol. The average molecular weight is 324 g/mol. The molecule has 0 bridgehead atoms. The predicted octanol–water partition coefficient (Wildman–Crippen LogP) is 2.85. The van der Waals surface area contributed by atoms with Crippen LogP contribution in [0.3, 0.4) is 0 Å². The van der Waals surface area contributed by atoms with Crippen LogP contribution in [0.2, 0.25) is 0 Å². The number of rotatable bonds is 4. The second kappa shape index (κ2) is 5.81. The molecule has 1 fully saturated rings. The van der Waals surface area contributed by atoms with E-state index in [0.29, 0.717) is 10.9 Å². The zero-order valence-electron chi connectivity index (χ0n) is 12.2. The highest BCUT2D eigenvalue weighted by Gasteiger charge is 2.36. The standard InChI is InChI=1S/C16H15F3N2O2/c17-16(18,19)12-8-11(9-1-2-9)7-10-3-4-13(21-14(10)12)15(23)20-5-6-22/h3-4,7-9,22H,1-2,5-6H2,(H,20,23). The molecule has 0 saturated heterocycles. The van der Waals surface area contributed by atoms with Gasteiger partial charge in [0.2, 0.25) is 0 Å². The number of nitrogens with one attached hydrogen (secondary N) is 1. The Morgan fingerprint density at radius 2 is 2.04 bits per heavy atom. The maximum Gasteiger partial charge on any atom is 0.418 e. The summed E-state index contributed by atoms with van der Waals surface area (Å²) in [5.41, 5.74) is -0.466. The van der Waals surface area contributed by atoms with Crippen molar-refractivity contribution in [2.24, 2.45) is 0 Å². The number of halogens is 3. The summed E-state index contributed by atoms with van der Waals surface area (Å²) in [6.45, 7) is -0.233. The van der Waals surface area contributed by atoms with E-state index in [9.17, 15) is 18.0 Å². The van der Waals surface area contributed by atoms with Crippen LogP contribution in [0.4, 0.5) is 13.2 Å². The molecule has 122 valence electrons. The summed E-state index contributed by atoms with van der Waals surface area (Å²) in [6.07, 6.45) is -2.73. The summed E-state index contributed by atoms with van der Waals surface area (Å²) in [6, 6.07) is 5.73. The molecule has 1 heterocycles. The van der Waals surface area contributed by atoms with E-state index in [0.717, 1.165) is 18.9 Å². The summed E-state index contributed by atoms with van der Waals surface area (Å²) in [5, 5.41) is 11.4. The van der Waals surface area contributed by atoms with Gasteiger partial charge in [0.15, 0.2) is 0 Å². The summed E-state index contributed by atoms with van der Waals surface area (Å²) in [5.74, 6) is -0.423. The number of benzene rings is 1. The van der Waals surface area contributed by atoms with E-state index in [4.69, 9.17) is 5.11 Å². The van der Waals surface area contributed by atoms with Gasteiger partial charge in [-0.3, -0.25) is 4.79 Å². The summed E-state index contributed by atoms with van der Waals surface area (Å²) in [7, 11) is 0. The molecule has 0 aliphatic heterocycles. The number of aliphatic hydroxyl groups excluding tert-OH is 1. The monoisotopic (exact) mass is 324 g/mol. The number of aromatic nitrogens is 1. The van der Waals surface area contributed by atoms with Crippen LogP contribution in [0, 0.1) is 0 Å². The Morgan fingerprint density at radius 1 is 1.30 bits per heavy atom. The van der Waals surface area contributed by atoms with Crippen LogP contribution in [-0.4, -0.2) is 29.1 Å². The number of amides is 1. The molecule has 1 saturated carbocycles. The summed E-state index contributed by atoms with van der Waals surface area (Å²) in [4.78, 5) is 15.7. The van der Waals surface area contributed by atoms with E-state index in [1.165, 1.54) is 12.1 Å². The van der Waals surface area contributed by atoms with E-state index >= 15 is 0 Å². The third-order valence-corrected chi connectivity index (χ3v) is 3.80. The van der Waals surface area contributed by atoms with E-state index in [-0.39, 0.29) is 30.3 Å². The molecule has 4 nitrogen and oxygen atoms in total.